The summed E-state index contributed by atoms with van der Waals surface area (Å²) in [6.07, 6.45) is -4.55. The number of aromatic nitrogens is 2. The molecule has 1 saturated heterocycles. The SMILES string of the molecule is CCS(=O)(=O)OCC[C@]1(CO[Si](C)(C)C(C)(C)C)O[C@@H](n2cc(F)c(=O)[nH]c2=O)[C@@H](F)[C@@H]1O[Si](C)(C)C(C)(C)C. The van der Waals surface area contributed by atoms with E-state index in [1.54, 1.807) is 0 Å². The highest BCUT2D eigenvalue weighted by Crippen LogP contribution is 2.48. The molecule has 1 N–H and O–H groups in total. The van der Waals surface area contributed by atoms with Crippen LogP contribution in [0.2, 0.25) is 36.3 Å². The predicted octanol–water partition coefficient (Wildman–Crippen LogP) is 4.45. The minimum atomic E-state index is -3.83. The van der Waals surface area contributed by atoms with Gasteiger partial charge in [-0.1, -0.05) is 41.5 Å². The van der Waals surface area contributed by atoms with E-state index in [0.29, 0.717) is 10.8 Å². The van der Waals surface area contributed by atoms with Crippen molar-refractivity contribution in [2.75, 3.05) is 19.0 Å². The van der Waals surface area contributed by atoms with Crippen molar-refractivity contribution >= 4 is 26.8 Å². The number of aromatic amines is 1. The summed E-state index contributed by atoms with van der Waals surface area (Å²) in [5, 5.41) is -0.571. The molecular weight excluding hydrogens is 583 g/mol. The minimum absolute atomic E-state index is 0.155. The molecule has 4 atom stereocenters. The van der Waals surface area contributed by atoms with Crippen molar-refractivity contribution in [2.24, 2.45) is 0 Å². The molecule has 1 fully saturated rings. The third-order valence-electron chi connectivity index (χ3n) is 8.49. The molecule has 232 valence electrons. The Bertz CT molecular complexity index is 1270. The second kappa shape index (κ2) is 11.8. The van der Waals surface area contributed by atoms with Gasteiger partial charge in [-0.15, -0.1) is 0 Å². The number of halogens is 2. The van der Waals surface area contributed by atoms with E-state index in [2.05, 4.69) is 0 Å². The van der Waals surface area contributed by atoms with E-state index in [4.69, 9.17) is 17.8 Å². The first-order valence-electron chi connectivity index (χ1n) is 13.4. The molecule has 0 aromatic carbocycles. The monoisotopic (exact) mass is 628 g/mol. The Labute approximate surface area is 238 Å². The van der Waals surface area contributed by atoms with E-state index in [1.807, 2.05) is 72.7 Å². The quantitative estimate of drug-likeness (QED) is 0.282. The molecule has 1 aromatic heterocycles. The zero-order chi connectivity index (χ0) is 31.1. The van der Waals surface area contributed by atoms with E-state index < -0.39 is 67.9 Å². The average Bonchev–Trinajstić information content (AvgIpc) is 3.05. The molecule has 0 spiro atoms. The van der Waals surface area contributed by atoms with Crippen LogP contribution >= 0.6 is 0 Å². The molecule has 1 aliphatic heterocycles. The van der Waals surface area contributed by atoms with Gasteiger partial charge in [-0.2, -0.15) is 12.8 Å². The smallest absolute Gasteiger partial charge is 0.330 e. The standard InChI is InChI=1S/C25H46F2N2O8SSi2/c1-12-38(32,33)34-14-13-25(16-35-39(8,9)23(2,3)4)19(37-40(10,11)24(5,6)7)18(27)21(36-25)29-15-17(26)20(30)28-22(29)31/h15,18-19,21H,12-14,16H2,1-11H3,(H,28,30,31)/t18-,19-,21+,25+/m0/s1. The third kappa shape index (κ3) is 7.58. The largest absolute Gasteiger partial charge is 0.414 e. The molecule has 40 heavy (non-hydrogen) atoms. The van der Waals surface area contributed by atoms with Crippen LogP contribution in [-0.2, 0) is 27.9 Å². The zero-order valence-corrected chi connectivity index (χ0v) is 28.3. The Morgan fingerprint density at radius 2 is 1.62 bits per heavy atom. The summed E-state index contributed by atoms with van der Waals surface area (Å²) in [7, 11) is -9.00. The van der Waals surface area contributed by atoms with Crippen molar-refractivity contribution in [3.05, 3.63) is 32.9 Å². The summed E-state index contributed by atoms with van der Waals surface area (Å²) in [5.74, 6) is -1.55. The highest BCUT2D eigenvalue weighted by molar-refractivity contribution is 7.86. The van der Waals surface area contributed by atoms with Crippen LogP contribution in [0.1, 0.15) is 61.1 Å². The van der Waals surface area contributed by atoms with E-state index in [1.165, 1.54) is 6.92 Å². The maximum Gasteiger partial charge on any atom is 0.330 e. The van der Waals surface area contributed by atoms with Gasteiger partial charge in [0.05, 0.1) is 25.2 Å². The predicted molar refractivity (Wildman–Crippen MR) is 154 cm³/mol. The van der Waals surface area contributed by atoms with Crippen LogP contribution in [0.3, 0.4) is 0 Å². The summed E-state index contributed by atoms with van der Waals surface area (Å²) in [6, 6.07) is 0. The fourth-order valence-electron chi connectivity index (χ4n) is 3.67. The maximum atomic E-state index is 16.5. The summed E-state index contributed by atoms with van der Waals surface area (Å²) in [5.41, 5.74) is -3.91. The lowest BCUT2D eigenvalue weighted by molar-refractivity contribution is -0.131. The number of hydrogen-bond donors (Lipinski definition) is 1. The Balaban J connectivity index is 2.70. The lowest BCUT2D eigenvalue weighted by Crippen LogP contribution is -2.57. The number of ether oxygens (including phenoxy) is 1. The van der Waals surface area contributed by atoms with Crippen molar-refractivity contribution in [3.8, 4) is 0 Å². The highest BCUT2D eigenvalue weighted by atomic mass is 32.2. The summed E-state index contributed by atoms with van der Waals surface area (Å²) >= 11 is 0. The van der Waals surface area contributed by atoms with Crippen LogP contribution in [0, 0.1) is 5.82 Å². The van der Waals surface area contributed by atoms with E-state index >= 15 is 4.39 Å². The normalized spacial score (nSPS) is 25.0. The molecule has 0 radical (unpaired) electrons. The molecule has 1 aromatic rings. The average molecular weight is 629 g/mol. The van der Waals surface area contributed by atoms with Gasteiger partial charge in [0.2, 0.25) is 5.82 Å². The van der Waals surface area contributed by atoms with Gasteiger partial charge >= 0.3 is 5.69 Å². The molecule has 0 unspecified atom stereocenters. The van der Waals surface area contributed by atoms with Gasteiger partial charge in [-0.3, -0.25) is 18.5 Å². The van der Waals surface area contributed by atoms with Crippen LogP contribution in [0.25, 0.3) is 0 Å². The molecule has 0 bridgehead atoms. The molecule has 0 amide bonds. The van der Waals surface area contributed by atoms with Gasteiger partial charge in [0.15, 0.2) is 29.0 Å². The van der Waals surface area contributed by atoms with Crippen molar-refractivity contribution in [2.45, 2.75) is 115 Å². The number of nitrogens with zero attached hydrogens (tertiary/aromatic N) is 1. The Hall–Kier alpha value is -1.24. The molecule has 15 heteroatoms. The zero-order valence-electron chi connectivity index (χ0n) is 25.5. The fourth-order valence-corrected chi connectivity index (χ4v) is 6.55. The Kier molecular flexibility index (Phi) is 10.3. The molecule has 0 aliphatic carbocycles. The third-order valence-corrected chi connectivity index (χ3v) is 18.7. The lowest BCUT2D eigenvalue weighted by atomic mass is 9.93. The first-order valence-corrected chi connectivity index (χ1v) is 20.8. The molecule has 1 aliphatic rings. The first kappa shape index (κ1) is 35.0. The van der Waals surface area contributed by atoms with E-state index in [-0.39, 0.29) is 35.5 Å². The van der Waals surface area contributed by atoms with Gasteiger partial charge in [-0.05, 0) is 43.2 Å². The van der Waals surface area contributed by atoms with Crippen molar-refractivity contribution in [1.29, 1.82) is 0 Å². The number of hydrogen-bond acceptors (Lipinski definition) is 8. The van der Waals surface area contributed by atoms with Gasteiger partial charge in [-0.25, -0.2) is 9.18 Å². The number of nitrogens with one attached hydrogen (secondary N) is 1. The number of alkyl halides is 1. The maximum absolute atomic E-state index is 16.5. The molecule has 2 heterocycles. The summed E-state index contributed by atoms with van der Waals surface area (Å²) in [4.78, 5) is 26.2. The number of rotatable bonds is 11. The number of H-pyrrole nitrogens is 1. The highest BCUT2D eigenvalue weighted by Gasteiger charge is 2.60. The minimum Gasteiger partial charge on any atom is -0.414 e. The van der Waals surface area contributed by atoms with Crippen molar-refractivity contribution in [1.82, 2.24) is 9.55 Å². The van der Waals surface area contributed by atoms with Crippen LogP contribution in [0.4, 0.5) is 8.78 Å². The molecular formula is C25H46F2N2O8SSi2. The van der Waals surface area contributed by atoms with Gasteiger partial charge in [0.25, 0.3) is 15.7 Å². The summed E-state index contributed by atoms with van der Waals surface area (Å²) in [6.45, 7) is 20.8. The summed E-state index contributed by atoms with van der Waals surface area (Å²) < 4.78 is 80.2. The lowest BCUT2D eigenvalue weighted by Gasteiger charge is -2.45. The molecule has 0 saturated carbocycles. The molecule has 2 rings (SSSR count). The van der Waals surface area contributed by atoms with Gasteiger partial charge in [0, 0.05) is 6.42 Å². The Morgan fingerprint density at radius 3 is 2.12 bits per heavy atom. The van der Waals surface area contributed by atoms with Crippen molar-refractivity contribution in [3.63, 3.8) is 0 Å². The van der Waals surface area contributed by atoms with E-state index in [9.17, 15) is 22.4 Å². The van der Waals surface area contributed by atoms with Crippen LogP contribution in [0.15, 0.2) is 15.8 Å². The van der Waals surface area contributed by atoms with Crippen LogP contribution in [0.5, 0.6) is 0 Å². The van der Waals surface area contributed by atoms with Gasteiger partial charge in [0.1, 0.15) is 11.7 Å². The van der Waals surface area contributed by atoms with Gasteiger partial charge < -0.3 is 13.6 Å². The van der Waals surface area contributed by atoms with Crippen molar-refractivity contribution < 1.29 is 35.0 Å². The topological polar surface area (TPSA) is 126 Å². The first-order chi connectivity index (χ1) is 17.9. The van der Waals surface area contributed by atoms with E-state index in [0.717, 1.165) is 0 Å². The second-order valence-electron chi connectivity index (χ2n) is 13.4. The van der Waals surface area contributed by atoms with Crippen LogP contribution < -0.4 is 11.2 Å². The second-order valence-corrected chi connectivity index (χ2v) is 24.9. The molecule has 10 nitrogen and oxygen atoms in total. The Morgan fingerprint density at radius 1 is 1.07 bits per heavy atom. The van der Waals surface area contributed by atoms with Crippen LogP contribution in [-0.4, -0.2) is 71.4 Å². The fraction of sp³-hybridized carbons (Fsp3) is 0.840.